The lowest BCUT2D eigenvalue weighted by atomic mass is 10.0. The Labute approximate surface area is 159 Å². The van der Waals surface area contributed by atoms with Crippen molar-refractivity contribution in [2.24, 2.45) is 0 Å². The highest BCUT2D eigenvalue weighted by molar-refractivity contribution is 7.84. The van der Waals surface area contributed by atoms with Gasteiger partial charge < -0.3 is 0 Å². The first-order chi connectivity index (χ1) is 12.6. The first-order valence-electron chi connectivity index (χ1n) is 8.09. The van der Waals surface area contributed by atoms with E-state index in [1.165, 1.54) is 0 Å². The first-order valence-corrected chi connectivity index (χ1v) is 10.0. The van der Waals surface area contributed by atoms with Gasteiger partial charge in [0, 0.05) is 22.1 Å². The molecule has 5 heteroatoms. The lowest BCUT2D eigenvalue weighted by Crippen LogP contribution is -1.97. The third-order valence-corrected chi connectivity index (χ3v) is 5.37. The summed E-state index contributed by atoms with van der Waals surface area (Å²) < 4.78 is 12.1. The van der Waals surface area contributed by atoms with Crippen LogP contribution in [0.1, 0.15) is 0 Å². The van der Waals surface area contributed by atoms with Gasteiger partial charge in [0.1, 0.15) is 0 Å². The molecule has 0 spiro atoms. The van der Waals surface area contributed by atoms with Gasteiger partial charge in [-0.3, -0.25) is 4.21 Å². The zero-order chi connectivity index (χ0) is 18.1. The summed E-state index contributed by atoms with van der Waals surface area (Å²) in [4.78, 5) is 9.57. The number of nitrogens with zero attached hydrogens (tertiary/aromatic N) is 2. The number of halogens is 1. The Balaban J connectivity index is 1.96. The zero-order valence-electron chi connectivity index (χ0n) is 14.0. The Bertz CT molecular complexity index is 1130. The average Bonchev–Trinajstić information content (AvgIpc) is 2.67. The predicted octanol–water partition coefficient (Wildman–Crippen LogP) is 5.35. The smallest absolute Gasteiger partial charge is 0.223 e. The van der Waals surface area contributed by atoms with Gasteiger partial charge in [-0.15, -0.1) is 0 Å². The van der Waals surface area contributed by atoms with Crippen molar-refractivity contribution in [2.45, 2.75) is 4.90 Å². The van der Waals surface area contributed by atoms with Crippen LogP contribution in [0.25, 0.3) is 33.3 Å². The molecule has 3 aromatic carbocycles. The fourth-order valence-electron chi connectivity index (χ4n) is 3.03. The van der Waals surface area contributed by atoms with Crippen LogP contribution in [0.4, 0.5) is 0 Å². The summed E-state index contributed by atoms with van der Waals surface area (Å²) in [5.41, 5.74) is 4.45. The normalized spacial score (nSPS) is 12.2. The van der Waals surface area contributed by atoms with E-state index < -0.39 is 10.8 Å². The molecule has 1 heterocycles. The zero-order valence-corrected chi connectivity index (χ0v) is 15.6. The summed E-state index contributed by atoms with van der Waals surface area (Å²) >= 11 is 6.21. The standard InChI is InChI=1S/C21H15ClN2OS/c1-26(25)19-10-6-5-9-17(19)20-16-12-11-15(14-7-3-2-4-8-14)13-18(16)23-21(22)24-20/h2-13H,1H3. The van der Waals surface area contributed by atoms with Gasteiger partial charge in [-0.05, 0) is 40.9 Å². The van der Waals surface area contributed by atoms with Crippen LogP contribution in [0.2, 0.25) is 5.28 Å². The molecular formula is C21H15ClN2OS. The largest absolute Gasteiger partial charge is 0.255 e. The molecule has 0 N–H and O–H groups in total. The molecule has 0 saturated carbocycles. The Hall–Kier alpha value is -2.56. The molecule has 0 bridgehead atoms. The van der Waals surface area contributed by atoms with Gasteiger partial charge in [0.15, 0.2) is 0 Å². The van der Waals surface area contributed by atoms with E-state index in [4.69, 9.17) is 11.6 Å². The molecule has 4 aromatic rings. The van der Waals surface area contributed by atoms with E-state index in [0.29, 0.717) is 5.69 Å². The molecular weight excluding hydrogens is 364 g/mol. The number of hydrogen-bond donors (Lipinski definition) is 0. The minimum atomic E-state index is -1.13. The van der Waals surface area contributed by atoms with E-state index in [0.717, 1.165) is 32.5 Å². The molecule has 4 rings (SSSR count). The summed E-state index contributed by atoms with van der Waals surface area (Å²) in [6, 6.07) is 23.7. The molecule has 128 valence electrons. The maximum Gasteiger partial charge on any atom is 0.223 e. The van der Waals surface area contributed by atoms with Crippen LogP contribution >= 0.6 is 11.6 Å². The molecule has 3 nitrogen and oxygen atoms in total. The minimum absolute atomic E-state index is 0.175. The summed E-state index contributed by atoms with van der Waals surface area (Å²) in [5.74, 6) is 0. The molecule has 0 amide bonds. The van der Waals surface area contributed by atoms with Crippen LogP contribution in [-0.4, -0.2) is 20.4 Å². The Morgan fingerprint density at radius 1 is 0.846 bits per heavy atom. The van der Waals surface area contributed by atoms with Crippen molar-refractivity contribution in [3.8, 4) is 22.4 Å². The van der Waals surface area contributed by atoms with E-state index in [9.17, 15) is 4.21 Å². The molecule has 1 atom stereocenters. The second kappa shape index (κ2) is 6.98. The molecule has 0 aliphatic heterocycles. The quantitative estimate of drug-likeness (QED) is 0.451. The van der Waals surface area contributed by atoms with Crippen molar-refractivity contribution in [1.29, 1.82) is 0 Å². The van der Waals surface area contributed by atoms with Gasteiger partial charge in [-0.1, -0.05) is 54.6 Å². The average molecular weight is 379 g/mol. The van der Waals surface area contributed by atoms with Crippen LogP contribution < -0.4 is 0 Å². The molecule has 0 radical (unpaired) electrons. The van der Waals surface area contributed by atoms with Gasteiger partial charge in [0.05, 0.1) is 22.0 Å². The highest BCUT2D eigenvalue weighted by Gasteiger charge is 2.14. The SMILES string of the molecule is CS(=O)c1ccccc1-c1nc(Cl)nc2cc(-c3ccccc3)ccc12. The van der Waals surface area contributed by atoms with Crippen LogP contribution in [-0.2, 0) is 10.8 Å². The molecule has 0 aliphatic rings. The van der Waals surface area contributed by atoms with Crippen LogP contribution in [0.5, 0.6) is 0 Å². The second-order valence-electron chi connectivity index (χ2n) is 5.89. The lowest BCUT2D eigenvalue weighted by molar-refractivity contribution is 0.687. The number of benzene rings is 3. The van der Waals surface area contributed by atoms with E-state index >= 15 is 0 Å². The second-order valence-corrected chi connectivity index (χ2v) is 7.58. The number of rotatable bonds is 3. The van der Waals surface area contributed by atoms with Crippen LogP contribution in [0, 0.1) is 0 Å². The maximum absolute atomic E-state index is 12.1. The van der Waals surface area contributed by atoms with Gasteiger partial charge in [-0.2, -0.15) is 0 Å². The van der Waals surface area contributed by atoms with E-state index in [-0.39, 0.29) is 5.28 Å². The summed E-state index contributed by atoms with van der Waals surface area (Å²) in [6.07, 6.45) is 1.66. The molecule has 1 unspecified atom stereocenters. The molecule has 0 saturated heterocycles. The van der Waals surface area contributed by atoms with Crippen LogP contribution in [0.15, 0.2) is 77.7 Å². The molecule has 1 aromatic heterocycles. The minimum Gasteiger partial charge on any atom is -0.255 e. The van der Waals surface area contributed by atoms with E-state index in [1.807, 2.05) is 60.7 Å². The lowest BCUT2D eigenvalue weighted by Gasteiger charge is -2.11. The molecule has 0 fully saturated rings. The monoisotopic (exact) mass is 378 g/mol. The van der Waals surface area contributed by atoms with Crippen LogP contribution in [0.3, 0.4) is 0 Å². The van der Waals surface area contributed by atoms with Crippen molar-refractivity contribution < 1.29 is 4.21 Å². The number of fused-ring (bicyclic) bond motifs is 1. The Kier molecular flexibility index (Phi) is 4.53. The van der Waals surface area contributed by atoms with Crippen molar-refractivity contribution in [3.63, 3.8) is 0 Å². The highest BCUT2D eigenvalue weighted by Crippen LogP contribution is 2.33. The number of hydrogen-bond acceptors (Lipinski definition) is 3. The summed E-state index contributed by atoms with van der Waals surface area (Å²) in [6.45, 7) is 0. The van der Waals surface area contributed by atoms with Gasteiger partial charge in [0.25, 0.3) is 0 Å². The van der Waals surface area contributed by atoms with Crippen molar-refractivity contribution in [2.75, 3.05) is 6.26 Å². The van der Waals surface area contributed by atoms with Gasteiger partial charge >= 0.3 is 0 Å². The van der Waals surface area contributed by atoms with Crippen molar-refractivity contribution in [3.05, 3.63) is 78.1 Å². The summed E-state index contributed by atoms with van der Waals surface area (Å²) in [5, 5.41) is 1.06. The fraction of sp³-hybridized carbons (Fsp3) is 0.0476. The fourth-order valence-corrected chi connectivity index (χ4v) is 3.95. The van der Waals surface area contributed by atoms with E-state index in [1.54, 1.807) is 6.26 Å². The predicted molar refractivity (Wildman–Crippen MR) is 108 cm³/mol. The van der Waals surface area contributed by atoms with Crippen molar-refractivity contribution in [1.82, 2.24) is 9.97 Å². The van der Waals surface area contributed by atoms with Gasteiger partial charge in [-0.25, -0.2) is 9.97 Å². The number of aromatic nitrogens is 2. The van der Waals surface area contributed by atoms with Gasteiger partial charge in [0.2, 0.25) is 5.28 Å². The maximum atomic E-state index is 12.1. The first kappa shape index (κ1) is 16.9. The van der Waals surface area contributed by atoms with E-state index in [2.05, 4.69) is 22.1 Å². The molecule has 26 heavy (non-hydrogen) atoms. The van der Waals surface area contributed by atoms with Crippen molar-refractivity contribution >= 4 is 33.3 Å². The molecule has 0 aliphatic carbocycles. The highest BCUT2D eigenvalue weighted by atomic mass is 35.5. The topological polar surface area (TPSA) is 42.9 Å². The Morgan fingerprint density at radius 3 is 2.35 bits per heavy atom. The summed E-state index contributed by atoms with van der Waals surface area (Å²) in [7, 11) is -1.13. The third-order valence-electron chi connectivity index (χ3n) is 4.23. The Morgan fingerprint density at radius 2 is 1.58 bits per heavy atom. The third kappa shape index (κ3) is 3.14.